The van der Waals surface area contributed by atoms with Crippen LogP contribution < -0.4 is 0 Å². The third-order valence-electron chi connectivity index (χ3n) is 9.44. The molecule has 2 heteroatoms. The van der Waals surface area contributed by atoms with E-state index >= 15 is 0 Å². The van der Waals surface area contributed by atoms with Gasteiger partial charge in [0.2, 0.25) is 0 Å². The van der Waals surface area contributed by atoms with E-state index < -0.39 is 0 Å². The van der Waals surface area contributed by atoms with Crippen molar-refractivity contribution in [3.05, 3.63) is 158 Å². The minimum absolute atomic E-state index is 0.882. The molecule has 214 valence electrons. The first-order valence-electron chi connectivity index (χ1n) is 15.7. The van der Waals surface area contributed by atoms with E-state index in [1.807, 2.05) is 0 Å². The molecule has 0 unspecified atom stereocenters. The van der Waals surface area contributed by atoms with Gasteiger partial charge in [0.15, 0.2) is 0 Å². The fourth-order valence-corrected chi connectivity index (χ4v) is 7.42. The van der Waals surface area contributed by atoms with E-state index in [1.54, 1.807) is 0 Å². The van der Waals surface area contributed by atoms with E-state index in [4.69, 9.17) is 8.83 Å². The molecule has 8 aromatic carbocycles. The van der Waals surface area contributed by atoms with E-state index in [2.05, 4.69) is 158 Å². The van der Waals surface area contributed by atoms with Gasteiger partial charge in [-0.1, -0.05) is 127 Å². The molecule has 0 fully saturated rings. The molecule has 2 aromatic heterocycles. The molecule has 0 saturated heterocycles. The Kier molecular flexibility index (Phi) is 5.31. The van der Waals surface area contributed by atoms with Crippen molar-refractivity contribution in [3.63, 3.8) is 0 Å². The van der Waals surface area contributed by atoms with Crippen molar-refractivity contribution in [2.75, 3.05) is 0 Å². The number of hydrogen-bond donors (Lipinski definition) is 0. The first-order chi connectivity index (χ1) is 22.8. The molecule has 2 nitrogen and oxygen atoms in total. The van der Waals surface area contributed by atoms with Crippen LogP contribution in [0.2, 0.25) is 0 Å². The lowest BCUT2D eigenvalue weighted by atomic mass is 9.87. The molecule has 0 N–H and O–H groups in total. The zero-order chi connectivity index (χ0) is 30.2. The maximum Gasteiger partial charge on any atom is 0.144 e. The Hall–Kier alpha value is -6.12. The predicted molar refractivity (Wildman–Crippen MR) is 192 cm³/mol. The lowest BCUT2D eigenvalue weighted by Crippen LogP contribution is -1.89. The molecule has 2 heterocycles. The Balaban J connectivity index is 1.33. The third-order valence-corrected chi connectivity index (χ3v) is 9.44. The second-order valence-corrected chi connectivity index (χ2v) is 12.0. The van der Waals surface area contributed by atoms with Gasteiger partial charge in [-0.25, -0.2) is 0 Å². The molecule has 0 amide bonds. The number of benzene rings is 8. The van der Waals surface area contributed by atoms with Crippen LogP contribution in [0.4, 0.5) is 0 Å². The van der Waals surface area contributed by atoms with Gasteiger partial charge in [-0.05, 0) is 74.1 Å². The van der Waals surface area contributed by atoms with Gasteiger partial charge >= 0.3 is 0 Å². The van der Waals surface area contributed by atoms with Crippen LogP contribution in [0.1, 0.15) is 0 Å². The fourth-order valence-electron chi connectivity index (χ4n) is 7.42. The summed E-state index contributed by atoms with van der Waals surface area (Å²) >= 11 is 0. The summed E-state index contributed by atoms with van der Waals surface area (Å²) in [5.41, 5.74) is 10.5. The summed E-state index contributed by atoms with van der Waals surface area (Å²) < 4.78 is 13.3. The van der Waals surface area contributed by atoms with E-state index in [9.17, 15) is 0 Å². The van der Waals surface area contributed by atoms with E-state index in [1.165, 1.54) is 38.2 Å². The van der Waals surface area contributed by atoms with Crippen molar-refractivity contribution in [1.29, 1.82) is 0 Å². The Bertz CT molecular complexity index is 2800. The second-order valence-electron chi connectivity index (χ2n) is 12.0. The molecule has 0 atom stereocenters. The van der Waals surface area contributed by atoms with Gasteiger partial charge in [0, 0.05) is 32.7 Å². The number of furan rings is 2. The minimum Gasteiger partial charge on any atom is -0.456 e. The Morgan fingerprint density at radius 2 is 0.978 bits per heavy atom. The molecular formula is C44H26O2. The van der Waals surface area contributed by atoms with Crippen molar-refractivity contribution in [2.24, 2.45) is 0 Å². The summed E-state index contributed by atoms with van der Waals surface area (Å²) in [6, 6.07) is 56.0. The van der Waals surface area contributed by atoms with E-state index in [0.29, 0.717) is 0 Å². The average Bonchev–Trinajstić information content (AvgIpc) is 3.69. The second kappa shape index (κ2) is 9.69. The summed E-state index contributed by atoms with van der Waals surface area (Å²) in [7, 11) is 0. The van der Waals surface area contributed by atoms with E-state index in [0.717, 1.165) is 60.6 Å². The predicted octanol–water partition coefficient (Wildman–Crippen LogP) is 12.8. The van der Waals surface area contributed by atoms with Crippen molar-refractivity contribution in [1.82, 2.24) is 0 Å². The lowest BCUT2D eigenvalue weighted by Gasteiger charge is -2.15. The highest BCUT2D eigenvalue weighted by Gasteiger charge is 2.23. The molecule has 46 heavy (non-hydrogen) atoms. The molecule has 0 saturated carbocycles. The maximum absolute atomic E-state index is 6.82. The molecule has 0 radical (unpaired) electrons. The summed E-state index contributed by atoms with van der Waals surface area (Å²) in [6.07, 6.45) is 0. The number of fused-ring (bicyclic) bond motifs is 8. The Morgan fingerprint density at radius 3 is 1.85 bits per heavy atom. The van der Waals surface area contributed by atoms with Crippen LogP contribution in [0.15, 0.2) is 167 Å². The number of hydrogen-bond acceptors (Lipinski definition) is 2. The summed E-state index contributed by atoms with van der Waals surface area (Å²) in [4.78, 5) is 0. The highest BCUT2D eigenvalue weighted by Crippen LogP contribution is 2.49. The van der Waals surface area contributed by atoms with Crippen LogP contribution in [0.25, 0.3) is 98.8 Å². The smallest absolute Gasteiger partial charge is 0.144 e. The third kappa shape index (κ3) is 3.65. The van der Waals surface area contributed by atoms with Crippen molar-refractivity contribution in [3.8, 4) is 33.4 Å². The topological polar surface area (TPSA) is 26.3 Å². The minimum atomic E-state index is 0.882. The summed E-state index contributed by atoms with van der Waals surface area (Å²) in [6.45, 7) is 0. The number of para-hydroxylation sites is 1. The number of rotatable bonds is 3. The summed E-state index contributed by atoms with van der Waals surface area (Å²) in [5.74, 6) is 0. The van der Waals surface area contributed by atoms with Crippen LogP contribution in [-0.2, 0) is 0 Å². The Labute approximate surface area is 264 Å². The zero-order valence-electron chi connectivity index (χ0n) is 24.8. The van der Waals surface area contributed by atoms with Crippen molar-refractivity contribution < 1.29 is 8.83 Å². The monoisotopic (exact) mass is 586 g/mol. The fraction of sp³-hybridized carbons (Fsp3) is 0. The normalized spacial score (nSPS) is 11.9. The molecular weight excluding hydrogens is 560 g/mol. The molecule has 0 aliphatic carbocycles. The first kappa shape index (κ1) is 25.2. The Morgan fingerprint density at radius 1 is 0.326 bits per heavy atom. The molecule has 0 bridgehead atoms. The maximum atomic E-state index is 6.82. The van der Waals surface area contributed by atoms with Crippen LogP contribution in [-0.4, -0.2) is 0 Å². The highest BCUT2D eigenvalue weighted by atomic mass is 16.3. The summed E-state index contributed by atoms with van der Waals surface area (Å²) in [5, 5.41) is 9.29. The lowest BCUT2D eigenvalue weighted by molar-refractivity contribution is 0.669. The van der Waals surface area contributed by atoms with Gasteiger partial charge < -0.3 is 8.83 Å². The van der Waals surface area contributed by atoms with Crippen LogP contribution in [0.3, 0.4) is 0 Å². The van der Waals surface area contributed by atoms with Gasteiger partial charge in [-0.3, -0.25) is 0 Å². The SMILES string of the molecule is c1ccc(-c2cccc3oc4ccc(-c5c6ccccc6c(-c6ccc7ccccc7c6)c6oc7ccccc7c56)cc4c23)cc1. The van der Waals surface area contributed by atoms with E-state index in [-0.39, 0.29) is 0 Å². The van der Waals surface area contributed by atoms with Crippen LogP contribution in [0.5, 0.6) is 0 Å². The molecule has 10 aromatic rings. The standard InChI is InChI=1S/C44H26O2/c1-2-12-28(13-3-1)32-18-10-20-39-42(32)36-26-31(23-24-38(36)45-39)40-33-15-6-7-16-34(33)41(30-22-21-27-11-4-5-14-29(27)25-30)44-43(40)35-17-8-9-19-37(35)46-44/h1-26H. The van der Waals surface area contributed by atoms with Crippen molar-refractivity contribution in [2.45, 2.75) is 0 Å². The molecule has 0 spiro atoms. The average molecular weight is 587 g/mol. The van der Waals surface area contributed by atoms with Gasteiger partial charge in [0.25, 0.3) is 0 Å². The molecule has 0 aliphatic rings. The highest BCUT2D eigenvalue weighted by molar-refractivity contribution is 6.27. The quantitative estimate of drug-likeness (QED) is 0.206. The van der Waals surface area contributed by atoms with Gasteiger partial charge in [-0.15, -0.1) is 0 Å². The molecule has 0 aliphatic heterocycles. The van der Waals surface area contributed by atoms with Gasteiger partial charge in [0.05, 0.1) is 0 Å². The van der Waals surface area contributed by atoms with Gasteiger partial charge in [0.1, 0.15) is 22.3 Å². The first-order valence-corrected chi connectivity index (χ1v) is 15.7. The van der Waals surface area contributed by atoms with Gasteiger partial charge in [-0.2, -0.15) is 0 Å². The van der Waals surface area contributed by atoms with Crippen LogP contribution in [0, 0.1) is 0 Å². The largest absolute Gasteiger partial charge is 0.456 e. The van der Waals surface area contributed by atoms with Crippen molar-refractivity contribution >= 4 is 65.4 Å². The van der Waals surface area contributed by atoms with Crippen LogP contribution >= 0.6 is 0 Å². The molecule has 10 rings (SSSR count). The zero-order valence-corrected chi connectivity index (χ0v) is 24.8.